The number of hydrogen-bond acceptors (Lipinski definition) is 3. The number of piperazine rings is 1. The van der Waals surface area contributed by atoms with Crippen LogP contribution in [0.25, 0.3) is 10.9 Å². The lowest BCUT2D eigenvalue weighted by molar-refractivity contribution is 0.590. The molecular weight excluding hydrogens is 326 g/mol. The zero-order chi connectivity index (χ0) is 12.5. The molecule has 102 valence electrons. The minimum absolute atomic E-state index is 0. The third-order valence-corrected chi connectivity index (χ3v) is 3.98. The lowest BCUT2D eigenvalue weighted by Gasteiger charge is -2.30. The Morgan fingerprint density at radius 3 is 2.74 bits per heavy atom. The lowest BCUT2D eigenvalue weighted by atomic mass is 10.1. The summed E-state index contributed by atoms with van der Waals surface area (Å²) in [6.45, 7) is 6.35. The van der Waals surface area contributed by atoms with Gasteiger partial charge in [-0.2, -0.15) is 0 Å². The van der Waals surface area contributed by atoms with Crippen molar-refractivity contribution in [2.75, 3.05) is 31.1 Å². The molecule has 0 saturated carbocycles. The van der Waals surface area contributed by atoms with Crippen LogP contribution in [0.15, 0.2) is 28.9 Å². The molecule has 1 fully saturated rings. The summed E-state index contributed by atoms with van der Waals surface area (Å²) in [4.78, 5) is 6.93. The van der Waals surface area contributed by atoms with Crippen LogP contribution in [0.1, 0.15) is 5.56 Å². The Hall–Kier alpha value is -0.840. The number of aromatic nitrogens is 1. The Morgan fingerprint density at radius 1 is 1.26 bits per heavy atom. The highest BCUT2D eigenvalue weighted by molar-refractivity contribution is 9.10. The van der Waals surface area contributed by atoms with Crippen LogP contribution in [0.3, 0.4) is 0 Å². The molecule has 3 rings (SSSR count). The van der Waals surface area contributed by atoms with Gasteiger partial charge in [0.1, 0.15) is 0 Å². The SMILES string of the molecule is Cc1cc(Br)c2nccc(N3CCNCC3)c2c1.Cl. The van der Waals surface area contributed by atoms with Gasteiger partial charge in [-0.3, -0.25) is 4.98 Å². The van der Waals surface area contributed by atoms with Gasteiger partial charge in [0.05, 0.1) is 5.52 Å². The first-order valence-corrected chi connectivity index (χ1v) is 7.05. The molecule has 1 aromatic heterocycles. The standard InChI is InChI=1S/C14H16BrN3.ClH/c1-10-8-11-13(18-6-4-16-5-7-18)2-3-17-14(11)12(15)9-10;/h2-3,8-9,16H,4-7H2,1H3;1H. The van der Waals surface area contributed by atoms with Crippen molar-refractivity contribution in [3.05, 3.63) is 34.4 Å². The molecule has 0 unspecified atom stereocenters. The highest BCUT2D eigenvalue weighted by Crippen LogP contribution is 2.31. The maximum Gasteiger partial charge on any atom is 0.0864 e. The summed E-state index contributed by atoms with van der Waals surface area (Å²) in [5.41, 5.74) is 3.61. The third-order valence-electron chi connectivity index (χ3n) is 3.38. The predicted octanol–water partition coefficient (Wildman–Crippen LogP) is 3.14. The number of fused-ring (bicyclic) bond motifs is 1. The van der Waals surface area contributed by atoms with Crippen molar-refractivity contribution in [3.8, 4) is 0 Å². The Bertz CT molecular complexity index is 582. The second-order valence-electron chi connectivity index (χ2n) is 4.71. The molecule has 19 heavy (non-hydrogen) atoms. The lowest BCUT2D eigenvalue weighted by Crippen LogP contribution is -2.43. The summed E-state index contributed by atoms with van der Waals surface area (Å²) in [7, 11) is 0. The van der Waals surface area contributed by atoms with Crippen molar-refractivity contribution in [2.24, 2.45) is 0 Å². The maximum atomic E-state index is 4.49. The first kappa shape index (κ1) is 14.6. The fourth-order valence-corrected chi connectivity index (χ4v) is 3.19. The average molecular weight is 343 g/mol. The van der Waals surface area contributed by atoms with Gasteiger partial charge in [0.25, 0.3) is 0 Å². The number of hydrogen-bond donors (Lipinski definition) is 1. The second-order valence-corrected chi connectivity index (χ2v) is 5.56. The van der Waals surface area contributed by atoms with E-state index in [0.29, 0.717) is 0 Å². The molecule has 0 aliphatic carbocycles. The molecule has 1 aliphatic rings. The van der Waals surface area contributed by atoms with Crippen LogP contribution in [-0.4, -0.2) is 31.2 Å². The summed E-state index contributed by atoms with van der Waals surface area (Å²) in [5.74, 6) is 0. The van der Waals surface area contributed by atoms with Gasteiger partial charge < -0.3 is 10.2 Å². The van der Waals surface area contributed by atoms with E-state index in [9.17, 15) is 0 Å². The molecule has 0 atom stereocenters. The molecule has 0 radical (unpaired) electrons. The van der Waals surface area contributed by atoms with E-state index < -0.39 is 0 Å². The Balaban J connectivity index is 0.00000133. The number of nitrogens with zero attached hydrogens (tertiary/aromatic N) is 2. The predicted molar refractivity (Wildman–Crippen MR) is 86.5 cm³/mol. The Kier molecular flexibility index (Phi) is 4.66. The molecule has 5 heteroatoms. The minimum atomic E-state index is 0. The van der Waals surface area contributed by atoms with Crippen LogP contribution in [0.4, 0.5) is 5.69 Å². The van der Waals surface area contributed by atoms with Crippen molar-refractivity contribution in [2.45, 2.75) is 6.92 Å². The van der Waals surface area contributed by atoms with Crippen LogP contribution in [-0.2, 0) is 0 Å². The third kappa shape index (κ3) is 2.86. The number of rotatable bonds is 1. The van der Waals surface area contributed by atoms with E-state index in [4.69, 9.17) is 0 Å². The van der Waals surface area contributed by atoms with Crippen molar-refractivity contribution < 1.29 is 0 Å². The van der Waals surface area contributed by atoms with Crippen molar-refractivity contribution >= 4 is 44.9 Å². The number of anilines is 1. The monoisotopic (exact) mass is 341 g/mol. The van der Waals surface area contributed by atoms with Gasteiger partial charge in [0, 0.05) is 47.9 Å². The van der Waals surface area contributed by atoms with E-state index in [-0.39, 0.29) is 12.4 Å². The topological polar surface area (TPSA) is 28.2 Å². The van der Waals surface area contributed by atoms with Gasteiger partial charge in [-0.25, -0.2) is 0 Å². The zero-order valence-corrected chi connectivity index (χ0v) is 13.2. The molecule has 0 spiro atoms. The fourth-order valence-electron chi connectivity index (χ4n) is 2.51. The van der Waals surface area contributed by atoms with Gasteiger partial charge in [-0.15, -0.1) is 12.4 Å². The number of pyridine rings is 1. The highest BCUT2D eigenvalue weighted by Gasteiger charge is 2.14. The van der Waals surface area contributed by atoms with Crippen LogP contribution in [0.2, 0.25) is 0 Å². The first-order valence-electron chi connectivity index (χ1n) is 6.26. The normalized spacial score (nSPS) is 15.4. The summed E-state index contributed by atoms with van der Waals surface area (Å²) in [6, 6.07) is 6.47. The van der Waals surface area contributed by atoms with Gasteiger partial charge in [-0.05, 0) is 46.6 Å². The molecule has 0 amide bonds. The molecule has 1 N–H and O–H groups in total. The van der Waals surface area contributed by atoms with Crippen LogP contribution in [0, 0.1) is 6.92 Å². The van der Waals surface area contributed by atoms with Crippen molar-refractivity contribution in [1.82, 2.24) is 10.3 Å². The average Bonchev–Trinajstić information content (AvgIpc) is 2.39. The summed E-state index contributed by atoms with van der Waals surface area (Å²) < 4.78 is 1.08. The van der Waals surface area contributed by atoms with Crippen molar-refractivity contribution in [1.29, 1.82) is 0 Å². The van der Waals surface area contributed by atoms with E-state index in [1.165, 1.54) is 16.6 Å². The molecule has 1 saturated heterocycles. The van der Waals surface area contributed by atoms with E-state index >= 15 is 0 Å². The molecular formula is C14H17BrClN3. The van der Waals surface area contributed by atoms with Gasteiger partial charge in [0.15, 0.2) is 0 Å². The molecule has 2 aromatic rings. The van der Waals surface area contributed by atoms with Gasteiger partial charge in [-0.1, -0.05) is 0 Å². The highest BCUT2D eigenvalue weighted by atomic mass is 79.9. The van der Waals surface area contributed by atoms with Gasteiger partial charge >= 0.3 is 0 Å². The molecule has 1 aliphatic heterocycles. The summed E-state index contributed by atoms with van der Waals surface area (Å²) in [6.07, 6.45) is 1.90. The molecule has 1 aromatic carbocycles. The quantitative estimate of drug-likeness (QED) is 0.863. The Morgan fingerprint density at radius 2 is 2.00 bits per heavy atom. The Labute approximate surface area is 127 Å². The van der Waals surface area contributed by atoms with Crippen LogP contribution < -0.4 is 10.2 Å². The minimum Gasteiger partial charge on any atom is -0.368 e. The van der Waals surface area contributed by atoms with Gasteiger partial charge in [0.2, 0.25) is 0 Å². The summed E-state index contributed by atoms with van der Waals surface area (Å²) >= 11 is 3.61. The zero-order valence-electron chi connectivity index (χ0n) is 10.8. The van der Waals surface area contributed by atoms with E-state index in [0.717, 1.165) is 36.2 Å². The molecule has 2 heterocycles. The molecule has 3 nitrogen and oxygen atoms in total. The number of halogens is 2. The second kappa shape index (κ2) is 6.07. The largest absolute Gasteiger partial charge is 0.368 e. The van der Waals surface area contributed by atoms with E-state index in [1.807, 2.05) is 6.20 Å². The van der Waals surface area contributed by atoms with Crippen LogP contribution >= 0.6 is 28.3 Å². The maximum absolute atomic E-state index is 4.49. The smallest absolute Gasteiger partial charge is 0.0864 e. The van der Waals surface area contributed by atoms with E-state index in [1.54, 1.807) is 0 Å². The summed E-state index contributed by atoms with van der Waals surface area (Å²) in [5, 5.41) is 4.63. The first-order chi connectivity index (χ1) is 8.75. The number of nitrogens with one attached hydrogen (secondary N) is 1. The van der Waals surface area contributed by atoms with Crippen LogP contribution in [0.5, 0.6) is 0 Å². The fraction of sp³-hybridized carbons (Fsp3) is 0.357. The van der Waals surface area contributed by atoms with E-state index in [2.05, 4.69) is 56.3 Å². The number of aryl methyl sites for hydroxylation is 1. The van der Waals surface area contributed by atoms with Crippen molar-refractivity contribution in [3.63, 3.8) is 0 Å². The number of benzene rings is 1. The molecule has 0 bridgehead atoms.